The number of carbonyl (C=O) groups excluding carboxylic acids is 1. The smallest absolute Gasteiger partial charge is 0.329 e. The first-order valence-corrected chi connectivity index (χ1v) is 6.57. The minimum Gasteiger partial charge on any atom is -0.480 e. The molecule has 1 unspecified atom stereocenters. The first-order chi connectivity index (χ1) is 8.56. The molecule has 0 spiro atoms. The number of carboxylic acid groups (broad SMARTS) is 1. The van der Waals surface area contributed by atoms with Crippen molar-refractivity contribution in [3.63, 3.8) is 0 Å². The van der Waals surface area contributed by atoms with Crippen molar-refractivity contribution in [2.24, 2.45) is 4.99 Å². The van der Waals surface area contributed by atoms with E-state index in [4.69, 9.17) is 5.11 Å². The Morgan fingerprint density at radius 3 is 2.61 bits per heavy atom. The lowest BCUT2D eigenvalue weighted by atomic mass is 10.1. The van der Waals surface area contributed by atoms with E-state index in [2.05, 4.69) is 4.99 Å². The van der Waals surface area contributed by atoms with E-state index in [0.29, 0.717) is 16.4 Å². The molecule has 0 fully saturated rings. The van der Waals surface area contributed by atoms with Crippen molar-refractivity contribution in [2.75, 3.05) is 5.75 Å². The third kappa shape index (κ3) is 2.98. The maximum Gasteiger partial charge on any atom is 0.329 e. The van der Waals surface area contributed by atoms with E-state index in [1.807, 2.05) is 19.1 Å². The summed E-state index contributed by atoms with van der Waals surface area (Å²) < 4.78 is 0. The number of carbonyl (C=O) groups is 2. The van der Waals surface area contributed by atoms with Crippen LogP contribution in [0.2, 0.25) is 0 Å². The van der Waals surface area contributed by atoms with Gasteiger partial charge in [-0.1, -0.05) is 29.8 Å². The fraction of sp³-hybridized carbons (Fsp3) is 0.308. The summed E-state index contributed by atoms with van der Waals surface area (Å²) in [5.41, 5.74) is 1.74. The van der Waals surface area contributed by atoms with Gasteiger partial charge in [0.2, 0.25) is 0 Å². The molecule has 1 aliphatic heterocycles. The minimum atomic E-state index is -0.930. The van der Waals surface area contributed by atoms with Crippen LogP contribution >= 0.6 is 11.8 Å². The van der Waals surface area contributed by atoms with Crippen molar-refractivity contribution in [2.45, 2.75) is 19.4 Å². The average Bonchev–Trinajstić information content (AvgIpc) is 2.78. The molecule has 1 aromatic carbocycles. The zero-order valence-corrected chi connectivity index (χ0v) is 10.7. The molecule has 94 valence electrons. The van der Waals surface area contributed by atoms with Crippen molar-refractivity contribution >= 4 is 28.6 Å². The molecule has 0 amide bonds. The molecule has 1 N–H and O–H groups in total. The van der Waals surface area contributed by atoms with Gasteiger partial charge in [-0.2, -0.15) is 0 Å². The number of benzene rings is 1. The van der Waals surface area contributed by atoms with Gasteiger partial charge in [-0.3, -0.25) is 9.79 Å². The third-order valence-electron chi connectivity index (χ3n) is 2.68. The first kappa shape index (κ1) is 12.8. The Morgan fingerprint density at radius 1 is 1.39 bits per heavy atom. The standard InChI is InChI=1S/C13H13NO3S/c1-8-2-4-9(5-3-8)11(15)6-12-14-10(7-18-12)13(16)17/h2-5,10H,6-7H2,1H3,(H,16,17). The molecule has 0 saturated heterocycles. The second kappa shape index (κ2) is 5.35. The van der Waals surface area contributed by atoms with Crippen LogP contribution in [0.15, 0.2) is 29.3 Å². The topological polar surface area (TPSA) is 66.7 Å². The fourth-order valence-corrected chi connectivity index (χ4v) is 2.63. The van der Waals surface area contributed by atoms with Crippen LogP contribution in [0, 0.1) is 6.92 Å². The molecule has 0 saturated carbocycles. The van der Waals surface area contributed by atoms with Crippen molar-refractivity contribution in [3.05, 3.63) is 35.4 Å². The van der Waals surface area contributed by atoms with E-state index >= 15 is 0 Å². The van der Waals surface area contributed by atoms with Crippen molar-refractivity contribution in [1.29, 1.82) is 0 Å². The third-order valence-corrected chi connectivity index (χ3v) is 3.74. The quantitative estimate of drug-likeness (QED) is 0.845. The number of hydrogen-bond acceptors (Lipinski definition) is 4. The van der Waals surface area contributed by atoms with Crippen LogP contribution in [-0.4, -0.2) is 33.7 Å². The second-order valence-corrected chi connectivity index (χ2v) is 5.25. The van der Waals surface area contributed by atoms with Crippen molar-refractivity contribution in [1.82, 2.24) is 0 Å². The number of aliphatic carboxylic acids is 1. The molecule has 5 heteroatoms. The summed E-state index contributed by atoms with van der Waals surface area (Å²) in [5, 5.41) is 9.43. The number of nitrogens with zero attached hydrogens (tertiary/aromatic N) is 1. The van der Waals surface area contributed by atoms with Crippen molar-refractivity contribution < 1.29 is 14.7 Å². The minimum absolute atomic E-state index is 0.0210. The molecule has 0 bridgehead atoms. The lowest BCUT2D eigenvalue weighted by molar-refractivity contribution is -0.137. The van der Waals surface area contributed by atoms with Gasteiger partial charge in [-0.25, -0.2) is 4.79 Å². The molecule has 1 atom stereocenters. The summed E-state index contributed by atoms with van der Waals surface area (Å²) >= 11 is 1.35. The van der Waals surface area contributed by atoms with Gasteiger partial charge >= 0.3 is 5.97 Å². The molecule has 0 radical (unpaired) electrons. The van der Waals surface area contributed by atoms with E-state index in [1.165, 1.54) is 11.8 Å². The predicted molar refractivity (Wildman–Crippen MR) is 71.4 cm³/mol. The number of aryl methyl sites for hydroxylation is 1. The molecular formula is C13H13NO3S. The van der Waals surface area contributed by atoms with E-state index < -0.39 is 12.0 Å². The molecule has 4 nitrogen and oxygen atoms in total. The molecule has 1 aromatic rings. The molecular weight excluding hydrogens is 250 g/mol. The van der Waals surface area contributed by atoms with Crippen LogP contribution in [0.1, 0.15) is 22.3 Å². The van der Waals surface area contributed by atoms with Gasteiger partial charge < -0.3 is 5.11 Å². The number of carboxylic acids is 1. The van der Waals surface area contributed by atoms with Crippen LogP contribution in [0.3, 0.4) is 0 Å². The summed E-state index contributed by atoms with van der Waals surface area (Å²) in [6.07, 6.45) is 0.192. The number of aliphatic imine (C=N–C) groups is 1. The maximum atomic E-state index is 11.9. The summed E-state index contributed by atoms with van der Waals surface area (Å²) in [6.45, 7) is 1.96. The highest BCUT2D eigenvalue weighted by Crippen LogP contribution is 2.22. The summed E-state index contributed by atoms with van der Waals surface area (Å²) in [7, 11) is 0. The van der Waals surface area contributed by atoms with Gasteiger partial charge in [-0.05, 0) is 6.92 Å². The lowest BCUT2D eigenvalue weighted by Crippen LogP contribution is -2.17. The Hall–Kier alpha value is -1.62. The molecule has 0 aliphatic carbocycles. The van der Waals surface area contributed by atoms with Gasteiger partial charge in [0.1, 0.15) is 0 Å². The Kier molecular flexibility index (Phi) is 3.81. The van der Waals surface area contributed by atoms with Gasteiger partial charge in [0.05, 0.1) is 11.5 Å². The molecule has 1 heterocycles. The Bertz CT molecular complexity index is 507. The highest BCUT2D eigenvalue weighted by atomic mass is 32.2. The molecule has 1 aliphatic rings. The van der Waals surface area contributed by atoms with Crippen LogP contribution in [0.25, 0.3) is 0 Å². The summed E-state index contributed by atoms with van der Waals surface area (Å²) in [5.74, 6) is -0.529. The molecule has 18 heavy (non-hydrogen) atoms. The zero-order chi connectivity index (χ0) is 13.1. The normalized spacial score (nSPS) is 18.5. The van der Waals surface area contributed by atoms with E-state index in [0.717, 1.165) is 5.56 Å². The van der Waals surface area contributed by atoms with Crippen LogP contribution in [0.5, 0.6) is 0 Å². The second-order valence-electron chi connectivity index (χ2n) is 4.15. The Balaban J connectivity index is 2.02. The summed E-state index contributed by atoms with van der Waals surface area (Å²) in [4.78, 5) is 26.7. The zero-order valence-electron chi connectivity index (χ0n) is 9.92. The van der Waals surface area contributed by atoms with Gasteiger partial charge in [-0.15, -0.1) is 11.8 Å². The lowest BCUT2D eigenvalue weighted by Gasteiger charge is -2.00. The number of hydrogen-bond donors (Lipinski definition) is 1. The van der Waals surface area contributed by atoms with Crippen LogP contribution < -0.4 is 0 Å². The number of Topliss-reactive ketones (excluding diaryl/α,β-unsaturated/α-hetero) is 1. The Morgan fingerprint density at radius 2 is 2.06 bits per heavy atom. The molecule has 0 aromatic heterocycles. The van der Waals surface area contributed by atoms with E-state index in [-0.39, 0.29) is 12.2 Å². The summed E-state index contributed by atoms with van der Waals surface area (Å²) in [6, 6.07) is 6.64. The average molecular weight is 263 g/mol. The monoisotopic (exact) mass is 263 g/mol. The fourth-order valence-electron chi connectivity index (χ4n) is 1.63. The number of rotatable bonds is 4. The largest absolute Gasteiger partial charge is 0.480 e. The maximum absolute atomic E-state index is 11.9. The highest BCUT2D eigenvalue weighted by Gasteiger charge is 2.25. The van der Waals surface area contributed by atoms with Gasteiger partial charge in [0.15, 0.2) is 11.8 Å². The van der Waals surface area contributed by atoms with Gasteiger partial charge in [0.25, 0.3) is 0 Å². The van der Waals surface area contributed by atoms with E-state index in [9.17, 15) is 9.59 Å². The Labute approximate surface area is 109 Å². The van der Waals surface area contributed by atoms with Gasteiger partial charge in [0, 0.05) is 11.3 Å². The molecule has 2 rings (SSSR count). The van der Waals surface area contributed by atoms with Crippen LogP contribution in [0.4, 0.5) is 0 Å². The SMILES string of the molecule is Cc1ccc(C(=O)CC2=NC(C(=O)O)CS2)cc1. The highest BCUT2D eigenvalue weighted by molar-refractivity contribution is 8.14. The first-order valence-electron chi connectivity index (χ1n) is 5.58. The number of ketones is 1. The van der Waals surface area contributed by atoms with Crippen molar-refractivity contribution in [3.8, 4) is 0 Å². The van der Waals surface area contributed by atoms with E-state index in [1.54, 1.807) is 12.1 Å². The predicted octanol–water partition coefficient (Wildman–Crippen LogP) is 2.17. The number of thioether (sulfide) groups is 1. The van der Waals surface area contributed by atoms with Crippen LogP contribution in [-0.2, 0) is 4.79 Å².